The van der Waals surface area contributed by atoms with Gasteiger partial charge in [0.15, 0.2) is 5.76 Å². The van der Waals surface area contributed by atoms with Gasteiger partial charge in [0.2, 0.25) is 5.89 Å². The van der Waals surface area contributed by atoms with E-state index in [2.05, 4.69) is 155 Å². The number of nitrogens with zero attached hydrogens (tertiary/aromatic N) is 3. The van der Waals surface area contributed by atoms with E-state index in [4.69, 9.17) is 9.40 Å². The summed E-state index contributed by atoms with van der Waals surface area (Å²) in [4.78, 5) is 5.07. The second kappa shape index (κ2) is 10.7. The summed E-state index contributed by atoms with van der Waals surface area (Å²) in [6.07, 6.45) is 0. The van der Waals surface area contributed by atoms with E-state index >= 15 is 0 Å². The average Bonchev–Trinajstić information content (AvgIpc) is 3.97. The molecule has 53 heavy (non-hydrogen) atoms. The van der Waals surface area contributed by atoms with Gasteiger partial charge in [-0.25, -0.2) is 4.98 Å². The molecule has 1 aliphatic carbocycles. The van der Waals surface area contributed by atoms with Gasteiger partial charge in [-0.2, -0.15) is 0 Å². The van der Waals surface area contributed by atoms with Gasteiger partial charge in [0.05, 0.1) is 22.1 Å². The van der Waals surface area contributed by atoms with Crippen LogP contribution in [0.15, 0.2) is 180 Å². The van der Waals surface area contributed by atoms with E-state index in [1.54, 1.807) is 0 Å². The Hall–Kier alpha value is -7.17. The molecule has 3 heterocycles. The molecule has 0 atom stereocenters. The Morgan fingerprint density at radius 1 is 0.396 bits per heavy atom. The van der Waals surface area contributed by atoms with Crippen LogP contribution in [-0.4, -0.2) is 14.1 Å². The fourth-order valence-corrected chi connectivity index (χ4v) is 8.74. The normalized spacial score (nSPS) is 12.2. The summed E-state index contributed by atoms with van der Waals surface area (Å²) in [5, 5.41) is 7.33. The Kier molecular flexibility index (Phi) is 5.74. The van der Waals surface area contributed by atoms with E-state index in [1.165, 1.54) is 71.2 Å². The minimum Gasteiger partial charge on any atom is -0.435 e. The third kappa shape index (κ3) is 4.03. The first-order valence-corrected chi connectivity index (χ1v) is 18.0. The highest BCUT2D eigenvalue weighted by atomic mass is 16.4. The van der Waals surface area contributed by atoms with E-state index in [-0.39, 0.29) is 0 Å². The Balaban J connectivity index is 1.04. The number of para-hydroxylation sites is 3. The minimum atomic E-state index is 0.649. The van der Waals surface area contributed by atoms with Crippen LogP contribution in [0, 0.1) is 0 Å². The molecule has 246 valence electrons. The second-order valence-corrected chi connectivity index (χ2v) is 14.0. The topological polar surface area (TPSA) is 35.9 Å². The van der Waals surface area contributed by atoms with Gasteiger partial charge < -0.3 is 13.6 Å². The molecule has 1 aliphatic rings. The van der Waals surface area contributed by atoms with Crippen molar-refractivity contribution in [2.45, 2.75) is 0 Å². The maximum Gasteiger partial charge on any atom is 0.227 e. The summed E-state index contributed by atoms with van der Waals surface area (Å²) in [5.74, 6) is 1.49. The lowest BCUT2D eigenvalue weighted by molar-refractivity contribution is 0.590. The molecule has 0 aliphatic heterocycles. The van der Waals surface area contributed by atoms with E-state index < -0.39 is 0 Å². The van der Waals surface area contributed by atoms with Gasteiger partial charge in [-0.1, -0.05) is 103 Å². The molecule has 0 N–H and O–H groups in total. The van der Waals surface area contributed by atoms with Crippen molar-refractivity contribution in [3.63, 3.8) is 0 Å². The number of aromatic nitrogens is 3. The van der Waals surface area contributed by atoms with Crippen LogP contribution in [0.4, 0.5) is 0 Å². The van der Waals surface area contributed by atoms with Crippen molar-refractivity contribution < 1.29 is 4.42 Å². The number of fused-ring (bicyclic) bond motifs is 9. The van der Waals surface area contributed by atoms with Gasteiger partial charge in [-0.15, -0.1) is 0 Å². The summed E-state index contributed by atoms with van der Waals surface area (Å²) in [6.45, 7) is 0. The summed E-state index contributed by atoms with van der Waals surface area (Å²) in [5.41, 5.74) is 13.5. The zero-order valence-electron chi connectivity index (χ0n) is 28.5. The lowest BCUT2D eigenvalue weighted by Crippen LogP contribution is -1.95. The molecule has 8 aromatic carbocycles. The Bertz CT molecular complexity index is 3270. The SMILES string of the molecule is c1ccc(-c2nc3c(o2)-c2cccc4cc(-n5c6ccccc6c6cc(-c7ccc8c(c7)c7ccccc7n8-c7ccccc7)ccc65)cc-3c24)cc1. The molecule has 0 unspecified atom stereocenters. The predicted molar refractivity (Wildman–Crippen MR) is 218 cm³/mol. The molecule has 4 nitrogen and oxygen atoms in total. The van der Waals surface area contributed by atoms with Crippen molar-refractivity contribution in [1.82, 2.24) is 14.1 Å². The van der Waals surface area contributed by atoms with Crippen LogP contribution in [0.3, 0.4) is 0 Å². The van der Waals surface area contributed by atoms with Crippen LogP contribution in [0.1, 0.15) is 0 Å². The van der Waals surface area contributed by atoms with Gasteiger partial charge in [-0.05, 0) is 89.3 Å². The van der Waals surface area contributed by atoms with Gasteiger partial charge in [-0.3, -0.25) is 0 Å². The van der Waals surface area contributed by atoms with Gasteiger partial charge in [0.25, 0.3) is 0 Å². The van der Waals surface area contributed by atoms with Crippen molar-refractivity contribution >= 4 is 54.4 Å². The first-order chi connectivity index (χ1) is 26.3. The van der Waals surface area contributed by atoms with Crippen LogP contribution >= 0.6 is 0 Å². The number of oxazole rings is 1. The third-order valence-corrected chi connectivity index (χ3v) is 11.1. The molecule has 0 saturated carbocycles. The van der Waals surface area contributed by atoms with Crippen LogP contribution in [-0.2, 0) is 0 Å². The van der Waals surface area contributed by atoms with Crippen molar-refractivity contribution in [2.75, 3.05) is 0 Å². The van der Waals surface area contributed by atoms with E-state index in [9.17, 15) is 0 Å². The highest BCUT2D eigenvalue weighted by molar-refractivity contribution is 6.16. The maximum atomic E-state index is 6.47. The van der Waals surface area contributed by atoms with Crippen LogP contribution < -0.4 is 0 Å². The first kappa shape index (κ1) is 28.5. The van der Waals surface area contributed by atoms with Crippen LogP contribution in [0.2, 0.25) is 0 Å². The predicted octanol–water partition coefficient (Wildman–Crippen LogP) is 13.0. The van der Waals surface area contributed by atoms with Crippen molar-refractivity contribution in [3.05, 3.63) is 176 Å². The number of benzene rings is 8. The molecule has 3 aromatic heterocycles. The van der Waals surface area contributed by atoms with Crippen LogP contribution in [0.25, 0.3) is 111 Å². The van der Waals surface area contributed by atoms with Gasteiger partial charge >= 0.3 is 0 Å². The van der Waals surface area contributed by atoms with Gasteiger partial charge in [0, 0.05) is 55.0 Å². The standard InChI is InChI=1S/C49H29N3O/c1-3-12-30(13-4-1)49-50-47-41-29-35(26-33-14-11-19-38(46(33)41)48(47)53-49)52-43-21-10-8-18-37(43)40-28-32(23-25-45(40)52)31-22-24-44-39(27-31)36-17-7-9-20-42(36)51(44)34-15-5-2-6-16-34/h1-29H. The molecular weight excluding hydrogens is 647 g/mol. The number of hydrogen-bond donors (Lipinski definition) is 0. The molecule has 12 rings (SSSR count). The fourth-order valence-electron chi connectivity index (χ4n) is 8.74. The highest BCUT2D eigenvalue weighted by Gasteiger charge is 2.29. The molecule has 0 radical (unpaired) electrons. The van der Waals surface area contributed by atoms with E-state index in [1.807, 2.05) is 30.3 Å². The summed E-state index contributed by atoms with van der Waals surface area (Å²) in [7, 11) is 0. The maximum absolute atomic E-state index is 6.47. The van der Waals surface area contributed by atoms with Crippen molar-refractivity contribution in [3.8, 4) is 56.5 Å². The molecule has 11 aromatic rings. The summed E-state index contributed by atoms with van der Waals surface area (Å²) < 4.78 is 11.2. The average molecular weight is 676 g/mol. The zero-order valence-corrected chi connectivity index (χ0v) is 28.5. The largest absolute Gasteiger partial charge is 0.435 e. The molecule has 0 saturated heterocycles. The Morgan fingerprint density at radius 2 is 0.981 bits per heavy atom. The molecule has 0 amide bonds. The van der Waals surface area contributed by atoms with Crippen LogP contribution in [0.5, 0.6) is 0 Å². The first-order valence-electron chi connectivity index (χ1n) is 18.0. The number of hydrogen-bond acceptors (Lipinski definition) is 2. The molecule has 0 spiro atoms. The lowest BCUT2D eigenvalue weighted by Gasteiger charge is -2.12. The van der Waals surface area contributed by atoms with E-state index in [0.717, 1.165) is 33.8 Å². The third-order valence-electron chi connectivity index (χ3n) is 11.1. The molecule has 0 bridgehead atoms. The molecule has 0 fully saturated rings. The lowest BCUT2D eigenvalue weighted by atomic mass is 10.0. The quantitative estimate of drug-likeness (QED) is 0.186. The molecular formula is C49H29N3O. The summed E-state index contributed by atoms with van der Waals surface area (Å²) >= 11 is 0. The fraction of sp³-hybridized carbons (Fsp3) is 0. The zero-order chi connectivity index (χ0) is 34.6. The van der Waals surface area contributed by atoms with Crippen molar-refractivity contribution in [1.29, 1.82) is 0 Å². The van der Waals surface area contributed by atoms with E-state index in [0.29, 0.717) is 5.89 Å². The highest BCUT2D eigenvalue weighted by Crippen LogP contribution is 2.50. The summed E-state index contributed by atoms with van der Waals surface area (Å²) in [6, 6.07) is 63.2. The minimum absolute atomic E-state index is 0.649. The Morgan fingerprint density at radius 3 is 1.66 bits per heavy atom. The smallest absolute Gasteiger partial charge is 0.227 e. The van der Waals surface area contributed by atoms with Crippen molar-refractivity contribution in [2.24, 2.45) is 0 Å². The second-order valence-electron chi connectivity index (χ2n) is 14.0. The number of rotatable bonds is 4. The Labute approximate surface area is 304 Å². The van der Waals surface area contributed by atoms with Gasteiger partial charge in [0.1, 0.15) is 5.69 Å². The molecule has 4 heteroatoms. The monoisotopic (exact) mass is 675 g/mol.